The van der Waals surface area contributed by atoms with Gasteiger partial charge in [-0.2, -0.15) is 0 Å². The highest BCUT2D eigenvalue weighted by Crippen LogP contribution is 2.52. The molecule has 2 heterocycles. The number of carbonyl (C=O) groups excluding carboxylic acids is 2. The summed E-state index contributed by atoms with van der Waals surface area (Å²) in [6.45, 7) is 0.976. The van der Waals surface area contributed by atoms with Gasteiger partial charge in [-0.25, -0.2) is 27.5 Å². The van der Waals surface area contributed by atoms with Gasteiger partial charge in [-0.15, -0.1) is 0 Å². The minimum Gasteiger partial charge on any atom is -0.462 e. The fraction of sp³-hybridized carbons (Fsp3) is 0.310. The fourth-order valence-electron chi connectivity index (χ4n) is 6.31. The number of anilines is 1. The number of nitrogens with zero attached hydrogens (tertiary/aromatic N) is 1. The molecule has 10 heteroatoms. The molecule has 8 nitrogen and oxygen atoms in total. The number of ether oxygens (including phenoxy) is 1. The van der Waals surface area contributed by atoms with Crippen LogP contribution in [0.1, 0.15) is 47.2 Å². The van der Waals surface area contributed by atoms with E-state index in [1.807, 2.05) is 18.2 Å². The van der Waals surface area contributed by atoms with Crippen LogP contribution in [0.3, 0.4) is 0 Å². The summed E-state index contributed by atoms with van der Waals surface area (Å²) in [5, 5.41) is 8.13. The third kappa shape index (κ3) is 4.68. The molecule has 2 aliphatic heterocycles. The fourth-order valence-corrected chi connectivity index (χ4v) is 6.83. The number of primary sulfonamides is 1. The number of benzene rings is 3. The Morgan fingerprint density at radius 2 is 1.90 bits per heavy atom. The number of halogens is 1. The normalized spacial score (nSPS) is 21.9. The lowest BCUT2D eigenvalue weighted by atomic mass is 9.67. The average Bonchev–Trinajstić information content (AvgIpc) is 3.22. The van der Waals surface area contributed by atoms with E-state index in [1.165, 1.54) is 24.3 Å². The van der Waals surface area contributed by atoms with Crippen LogP contribution in [-0.2, 0) is 26.7 Å². The number of hydrogen-bond acceptors (Lipinski definition) is 5. The molecule has 3 N–H and O–H groups in total. The Hall–Kier alpha value is -3.76. The summed E-state index contributed by atoms with van der Waals surface area (Å²) >= 11 is 0. The van der Waals surface area contributed by atoms with Crippen LogP contribution < -0.4 is 15.4 Å². The van der Waals surface area contributed by atoms with Crippen molar-refractivity contribution >= 4 is 27.7 Å². The maximum atomic E-state index is 14.1. The maximum Gasteiger partial charge on any atom is 0.338 e. The van der Waals surface area contributed by atoms with Gasteiger partial charge in [0.05, 0.1) is 17.1 Å². The summed E-state index contributed by atoms with van der Waals surface area (Å²) in [5.41, 5.74) is 3.91. The van der Waals surface area contributed by atoms with E-state index in [0.29, 0.717) is 12.1 Å². The molecule has 2 unspecified atom stereocenters. The molecular weight excluding hydrogens is 521 g/mol. The number of rotatable bonds is 3. The van der Waals surface area contributed by atoms with E-state index in [4.69, 9.17) is 9.88 Å². The van der Waals surface area contributed by atoms with Crippen LogP contribution in [0.25, 0.3) is 11.1 Å². The van der Waals surface area contributed by atoms with E-state index in [0.717, 1.165) is 48.1 Å². The van der Waals surface area contributed by atoms with Crippen molar-refractivity contribution in [2.24, 2.45) is 11.1 Å². The molecule has 2 atom stereocenters. The van der Waals surface area contributed by atoms with Crippen LogP contribution in [0.5, 0.6) is 0 Å². The molecule has 4 bridgehead atoms. The van der Waals surface area contributed by atoms with Crippen molar-refractivity contribution in [1.82, 2.24) is 5.32 Å². The molecular formula is C29H28FN3O5S. The molecule has 2 amide bonds. The molecule has 0 saturated heterocycles. The number of carbonyl (C=O) groups is 2. The highest BCUT2D eigenvalue weighted by Gasteiger charge is 2.48. The minimum atomic E-state index is -3.79. The highest BCUT2D eigenvalue weighted by molar-refractivity contribution is 7.89. The van der Waals surface area contributed by atoms with E-state index in [2.05, 4.69) is 5.32 Å². The summed E-state index contributed by atoms with van der Waals surface area (Å²) in [7, 11) is -3.79. The Balaban J connectivity index is 1.34. The van der Waals surface area contributed by atoms with Crippen molar-refractivity contribution in [3.8, 4) is 11.1 Å². The Morgan fingerprint density at radius 1 is 1.10 bits per heavy atom. The number of urea groups is 1. The first kappa shape index (κ1) is 25.5. The van der Waals surface area contributed by atoms with Gasteiger partial charge in [0.1, 0.15) is 5.82 Å². The predicted octanol–water partition coefficient (Wildman–Crippen LogP) is 4.47. The predicted molar refractivity (Wildman–Crippen MR) is 143 cm³/mol. The topological polar surface area (TPSA) is 119 Å². The zero-order chi connectivity index (χ0) is 27.4. The molecule has 0 aromatic heterocycles. The second kappa shape index (κ2) is 9.46. The summed E-state index contributed by atoms with van der Waals surface area (Å²) in [6, 6.07) is 15.8. The molecule has 1 saturated carbocycles. The minimum absolute atomic E-state index is 0.0128. The first-order valence-electron chi connectivity index (χ1n) is 12.9. The molecule has 202 valence electrons. The van der Waals surface area contributed by atoms with Crippen LogP contribution in [-0.4, -0.2) is 33.6 Å². The summed E-state index contributed by atoms with van der Waals surface area (Å²) in [6.07, 6.45) is 3.54. The molecule has 39 heavy (non-hydrogen) atoms. The molecule has 1 fully saturated rings. The lowest BCUT2D eigenvalue weighted by Crippen LogP contribution is -2.44. The van der Waals surface area contributed by atoms with Gasteiger partial charge in [0, 0.05) is 24.2 Å². The number of hydrogen-bond donors (Lipinski definition) is 2. The van der Waals surface area contributed by atoms with Gasteiger partial charge in [0.2, 0.25) is 10.0 Å². The molecule has 1 aliphatic carbocycles. The Kier molecular flexibility index (Phi) is 6.19. The lowest BCUT2D eigenvalue weighted by Gasteiger charge is -2.38. The molecule has 1 spiro atoms. The van der Waals surface area contributed by atoms with Gasteiger partial charge in [0.25, 0.3) is 0 Å². The van der Waals surface area contributed by atoms with Crippen molar-refractivity contribution in [1.29, 1.82) is 0 Å². The number of nitrogens with two attached hydrogens (primary N) is 1. The van der Waals surface area contributed by atoms with Gasteiger partial charge in [-0.05, 0) is 83.8 Å². The molecule has 6 rings (SSSR count). The van der Waals surface area contributed by atoms with E-state index >= 15 is 0 Å². The summed E-state index contributed by atoms with van der Waals surface area (Å²) in [5.74, 6) is -0.892. The Morgan fingerprint density at radius 3 is 2.67 bits per heavy atom. The number of nitrogens with one attached hydrogen (secondary N) is 1. The number of esters is 1. The van der Waals surface area contributed by atoms with E-state index in [-0.39, 0.29) is 41.0 Å². The summed E-state index contributed by atoms with van der Waals surface area (Å²) in [4.78, 5) is 28.2. The highest BCUT2D eigenvalue weighted by atomic mass is 32.2. The zero-order valence-electron chi connectivity index (χ0n) is 21.2. The van der Waals surface area contributed by atoms with Crippen LogP contribution in [0.4, 0.5) is 14.9 Å². The monoisotopic (exact) mass is 549 g/mol. The number of sulfonamides is 1. The molecule has 3 aromatic rings. The van der Waals surface area contributed by atoms with Gasteiger partial charge < -0.3 is 10.1 Å². The maximum absolute atomic E-state index is 14.1. The van der Waals surface area contributed by atoms with Crippen molar-refractivity contribution in [2.45, 2.75) is 42.5 Å². The van der Waals surface area contributed by atoms with Crippen molar-refractivity contribution in [2.75, 3.05) is 18.1 Å². The lowest BCUT2D eigenvalue weighted by molar-refractivity contribution is 0.0375. The second-order valence-electron chi connectivity index (χ2n) is 10.7. The van der Waals surface area contributed by atoms with Crippen molar-refractivity contribution < 1.29 is 27.1 Å². The molecule has 3 aliphatic rings. The van der Waals surface area contributed by atoms with E-state index in [1.54, 1.807) is 23.1 Å². The third-order valence-corrected chi connectivity index (χ3v) is 9.10. The quantitative estimate of drug-likeness (QED) is 0.468. The average molecular weight is 550 g/mol. The standard InChI is InChI=1S/C29H28FN3O5S/c30-21-6-9-23-20-5-10-26-25(12-20)29(11-1-2-19(14-29)16-38-27(34)24(23)13-21)17-33(26)28(35)32-15-18-3-7-22(8-4-18)39(31,36)37/h3-10,12-13,19H,1-2,11,14-17H2,(H,32,35)(H2,31,36,37). The summed E-state index contributed by atoms with van der Waals surface area (Å²) < 4.78 is 42.8. The van der Waals surface area contributed by atoms with E-state index < -0.39 is 21.8 Å². The van der Waals surface area contributed by atoms with Crippen LogP contribution in [0.15, 0.2) is 65.6 Å². The van der Waals surface area contributed by atoms with E-state index in [9.17, 15) is 22.4 Å². The molecule has 3 aromatic carbocycles. The smallest absolute Gasteiger partial charge is 0.338 e. The van der Waals surface area contributed by atoms with Gasteiger partial charge in [-0.1, -0.05) is 30.7 Å². The van der Waals surface area contributed by atoms with Gasteiger partial charge >= 0.3 is 12.0 Å². The van der Waals surface area contributed by atoms with Gasteiger partial charge in [-0.3, -0.25) is 4.90 Å². The molecule has 0 radical (unpaired) electrons. The second-order valence-corrected chi connectivity index (χ2v) is 12.3. The van der Waals surface area contributed by atoms with Crippen molar-refractivity contribution in [3.63, 3.8) is 0 Å². The third-order valence-electron chi connectivity index (χ3n) is 8.17. The van der Waals surface area contributed by atoms with Crippen LogP contribution >= 0.6 is 0 Å². The number of fused-ring (bicyclic) bond motifs is 4. The van der Waals surface area contributed by atoms with Crippen molar-refractivity contribution in [3.05, 3.63) is 83.2 Å². The Labute approximate surface area is 226 Å². The number of amides is 2. The first-order valence-corrected chi connectivity index (χ1v) is 14.5. The van der Waals surface area contributed by atoms with Crippen LogP contribution in [0, 0.1) is 11.7 Å². The first-order chi connectivity index (χ1) is 18.6. The number of cyclic esters (lactones) is 1. The van der Waals surface area contributed by atoms with Gasteiger partial charge in [0.15, 0.2) is 0 Å². The Bertz CT molecular complexity index is 1590. The largest absolute Gasteiger partial charge is 0.462 e. The van der Waals surface area contributed by atoms with Crippen LogP contribution in [0.2, 0.25) is 0 Å². The SMILES string of the molecule is NS(=O)(=O)c1ccc(CNC(=O)N2CC34CCCC(COC(=O)c5cc(F)ccc5-c5ccc2c3c5)C4)cc1. The zero-order valence-corrected chi connectivity index (χ0v) is 22.0.